The Balaban J connectivity index is 0. The molecule has 72 valence electrons. The molecule has 0 fully saturated rings. The Bertz CT molecular complexity index is 121. The lowest BCUT2D eigenvalue weighted by Crippen LogP contribution is -1.90. The maximum atomic E-state index is 10.7. The van der Waals surface area contributed by atoms with Gasteiger partial charge in [0, 0.05) is 6.42 Å². The SMILES string of the molecule is C=CC(=O)CCCCCCC.N. The van der Waals surface area contributed by atoms with Crippen LogP contribution in [0.1, 0.15) is 45.4 Å². The summed E-state index contributed by atoms with van der Waals surface area (Å²) in [5, 5.41) is 0. The van der Waals surface area contributed by atoms with Crippen molar-refractivity contribution in [2.24, 2.45) is 0 Å². The predicted molar refractivity (Wildman–Crippen MR) is 53.6 cm³/mol. The Hall–Kier alpha value is -0.630. The highest BCUT2D eigenvalue weighted by Gasteiger charge is 1.94. The van der Waals surface area contributed by atoms with Gasteiger partial charge < -0.3 is 6.15 Å². The van der Waals surface area contributed by atoms with Gasteiger partial charge >= 0.3 is 0 Å². The van der Waals surface area contributed by atoms with Crippen molar-refractivity contribution in [3.8, 4) is 0 Å². The third-order valence-electron chi connectivity index (χ3n) is 1.75. The van der Waals surface area contributed by atoms with Crippen LogP contribution in [0.15, 0.2) is 12.7 Å². The molecule has 0 atom stereocenters. The number of hydrogen-bond donors (Lipinski definition) is 1. The van der Waals surface area contributed by atoms with Gasteiger partial charge in [0.15, 0.2) is 5.78 Å². The summed E-state index contributed by atoms with van der Waals surface area (Å²) in [5.41, 5.74) is 0. The summed E-state index contributed by atoms with van der Waals surface area (Å²) in [5.74, 6) is 0.182. The maximum absolute atomic E-state index is 10.7. The third-order valence-corrected chi connectivity index (χ3v) is 1.75. The number of hydrogen-bond acceptors (Lipinski definition) is 2. The highest BCUT2D eigenvalue weighted by atomic mass is 16.1. The van der Waals surface area contributed by atoms with E-state index >= 15 is 0 Å². The molecular weight excluding hydrogens is 150 g/mol. The van der Waals surface area contributed by atoms with Gasteiger partial charge in [-0.3, -0.25) is 4.79 Å². The molecule has 0 aromatic rings. The van der Waals surface area contributed by atoms with E-state index in [1.807, 2.05) is 0 Å². The van der Waals surface area contributed by atoms with E-state index in [9.17, 15) is 4.79 Å². The smallest absolute Gasteiger partial charge is 0.155 e. The Labute approximate surface area is 75.6 Å². The number of ketones is 1. The summed E-state index contributed by atoms with van der Waals surface area (Å²) in [6, 6.07) is 0. The highest BCUT2D eigenvalue weighted by molar-refractivity contribution is 5.88. The van der Waals surface area contributed by atoms with Crippen LogP contribution in [0.5, 0.6) is 0 Å². The monoisotopic (exact) mass is 171 g/mol. The Kier molecular flexibility index (Phi) is 12.0. The van der Waals surface area contributed by atoms with Gasteiger partial charge in [0.2, 0.25) is 0 Å². The molecule has 2 nitrogen and oxygen atoms in total. The molecule has 0 saturated carbocycles. The fourth-order valence-electron chi connectivity index (χ4n) is 1.00. The lowest BCUT2D eigenvalue weighted by Gasteiger charge is -1.96. The topological polar surface area (TPSA) is 52.1 Å². The molecule has 0 unspecified atom stereocenters. The predicted octanol–water partition coefficient (Wildman–Crippen LogP) is 3.26. The Morgan fingerprint density at radius 3 is 2.33 bits per heavy atom. The molecule has 12 heavy (non-hydrogen) atoms. The molecule has 0 saturated heterocycles. The second kappa shape index (κ2) is 10.4. The molecule has 0 aliphatic rings. The average molecular weight is 171 g/mol. The maximum Gasteiger partial charge on any atom is 0.155 e. The highest BCUT2D eigenvalue weighted by Crippen LogP contribution is 2.05. The quantitative estimate of drug-likeness (QED) is 0.472. The van der Waals surface area contributed by atoms with Gasteiger partial charge in [0.1, 0.15) is 0 Å². The van der Waals surface area contributed by atoms with Crippen molar-refractivity contribution in [1.82, 2.24) is 6.15 Å². The molecule has 0 aromatic heterocycles. The first-order valence-electron chi connectivity index (χ1n) is 4.46. The first-order valence-corrected chi connectivity index (χ1v) is 4.46. The zero-order valence-corrected chi connectivity index (χ0v) is 8.14. The minimum atomic E-state index is 0. The van der Waals surface area contributed by atoms with Crippen LogP contribution in [-0.4, -0.2) is 5.78 Å². The van der Waals surface area contributed by atoms with Gasteiger partial charge in [-0.05, 0) is 12.5 Å². The van der Waals surface area contributed by atoms with Crippen molar-refractivity contribution in [2.45, 2.75) is 45.4 Å². The molecule has 2 heteroatoms. The van der Waals surface area contributed by atoms with Crippen LogP contribution in [0.2, 0.25) is 0 Å². The van der Waals surface area contributed by atoms with E-state index in [4.69, 9.17) is 0 Å². The largest absolute Gasteiger partial charge is 0.344 e. The second-order valence-electron chi connectivity index (χ2n) is 2.83. The molecule has 0 rings (SSSR count). The van der Waals surface area contributed by atoms with Crippen LogP contribution in [-0.2, 0) is 4.79 Å². The molecule has 0 heterocycles. The average Bonchev–Trinajstić information content (AvgIpc) is 2.04. The summed E-state index contributed by atoms with van der Waals surface area (Å²) in [4.78, 5) is 10.7. The van der Waals surface area contributed by atoms with Crippen molar-refractivity contribution in [1.29, 1.82) is 0 Å². The van der Waals surface area contributed by atoms with Crippen molar-refractivity contribution in [2.75, 3.05) is 0 Å². The van der Waals surface area contributed by atoms with E-state index in [1.54, 1.807) is 0 Å². The molecule has 0 aliphatic carbocycles. The van der Waals surface area contributed by atoms with Gasteiger partial charge in [0.05, 0.1) is 0 Å². The van der Waals surface area contributed by atoms with E-state index in [0.29, 0.717) is 6.42 Å². The van der Waals surface area contributed by atoms with Gasteiger partial charge in [-0.15, -0.1) is 0 Å². The minimum absolute atomic E-state index is 0. The van der Waals surface area contributed by atoms with Crippen LogP contribution in [0, 0.1) is 0 Å². The number of allylic oxidation sites excluding steroid dienone is 1. The van der Waals surface area contributed by atoms with Gasteiger partial charge in [-0.25, -0.2) is 0 Å². The second-order valence-corrected chi connectivity index (χ2v) is 2.83. The lowest BCUT2D eigenvalue weighted by molar-refractivity contribution is -0.114. The molecule has 0 amide bonds. The standard InChI is InChI=1S/C10H18O.H3N/c1-3-5-6-7-8-9-10(11)4-2;/h4H,2-3,5-9H2,1H3;1H3. The molecular formula is C10H21NO. The normalized spacial score (nSPS) is 8.75. The summed E-state index contributed by atoms with van der Waals surface area (Å²) in [6.07, 6.45) is 8.14. The fraction of sp³-hybridized carbons (Fsp3) is 0.700. The number of carbonyl (C=O) groups is 1. The number of rotatable bonds is 7. The molecule has 0 spiro atoms. The van der Waals surface area contributed by atoms with E-state index in [1.165, 1.54) is 31.8 Å². The van der Waals surface area contributed by atoms with Gasteiger partial charge in [-0.1, -0.05) is 39.2 Å². The first kappa shape index (κ1) is 13.9. The fourth-order valence-corrected chi connectivity index (χ4v) is 1.00. The van der Waals surface area contributed by atoms with Gasteiger partial charge in [-0.2, -0.15) is 0 Å². The summed E-state index contributed by atoms with van der Waals surface area (Å²) in [7, 11) is 0. The zero-order valence-electron chi connectivity index (χ0n) is 8.14. The van der Waals surface area contributed by atoms with Crippen molar-refractivity contribution in [3.63, 3.8) is 0 Å². The summed E-state index contributed by atoms with van der Waals surface area (Å²) in [6.45, 7) is 5.62. The van der Waals surface area contributed by atoms with Gasteiger partial charge in [0.25, 0.3) is 0 Å². The Morgan fingerprint density at radius 1 is 1.25 bits per heavy atom. The van der Waals surface area contributed by atoms with Crippen LogP contribution < -0.4 is 6.15 Å². The van der Waals surface area contributed by atoms with E-state index < -0.39 is 0 Å². The molecule has 0 radical (unpaired) electrons. The minimum Gasteiger partial charge on any atom is -0.344 e. The van der Waals surface area contributed by atoms with Crippen LogP contribution in [0.3, 0.4) is 0 Å². The third kappa shape index (κ3) is 9.37. The van der Waals surface area contributed by atoms with Crippen molar-refractivity contribution >= 4 is 5.78 Å². The lowest BCUT2D eigenvalue weighted by atomic mass is 10.1. The van der Waals surface area contributed by atoms with Crippen molar-refractivity contribution < 1.29 is 4.79 Å². The molecule has 0 aromatic carbocycles. The number of carbonyl (C=O) groups excluding carboxylic acids is 1. The molecule has 0 bridgehead atoms. The van der Waals surface area contributed by atoms with E-state index in [0.717, 1.165) is 6.42 Å². The zero-order chi connectivity index (χ0) is 8.53. The first-order chi connectivity index (χ1) is 5.31. The van der Waals surface area contributed by atoms with E-state index in [-0.39, 0.29) is 11.9 Å². The summed E-state index contributed by atoms with van der Waals surface area (Å²) < 4.78 is 0. The van der Waals surface area contributed by atoms with Crippen LogP contribution in [0.25, 0.3) is 0 Å². The summed E-state index contributed by atoms with van der Waals surface area (Å²) >= 11 is 0. The van der Waals surface area contributed by atoms with Crippen molar-refractivity contribution in [3.05, 3.63) is 12.7 Å². The molecule has 0 aliphatic heterocycles. The van der Waals surface area contributed by atoms with Crippen LogP contribution >= 0.6 is 0 Å². The Morgan fingerprint density at radius 2 is 1.83 bits per heavy atom. The van der Waals surface area contributed by atoms with E-state index in [2.05, 4.69) is 13.5 Å². The number of unbranched alkanes of at least 4 members (excludes halogenated alkanes) is 4. The van der Waals surface area contributed by atoms with Crippen LogP contribution in [0.4, 0.5) is 0 Å². The molecule has 3 N–H and O–H groups in total.